The maximum absolute atomic E-state index is 5.26. The van der Waals surface area contributed by atoms with E-state index in [4.69, 9.17) is 4.52 Å². The number of nitrogens with zero attached hydrogens (tertiary/aromatic N) is 3. The molecule has 2 N–H and O–H groups in total. The second-order valence-electron chi connectivity index (χ2n) is 6.82. The molecule has 2 unspecified atom stereocenters. The second kappa shape index (κ2) is 10.9. The van der Waals surface area contributed by atoms with Crippen LogP contribution in [-0.2, 0) is 6.42 Å². The summed E-state index contributed by atoms with van der Waals surface area (Å²) in [6.45, 7) is 10.1. The highest BCUT2D eigenvalue weighted by molar-refractivity contribution is 14.0. The summed E-state index contributed by atoms with van der Waals surface area (Å²) >= 11 is 0. The van der Waals surface area contributed by atoms with Crippen LogP contribution in [0.25, 0.3) is 0 Å². The Labute approximate surface area is 162 Å². The summed E-state index contributed by atoms with van der Waals surface area (Å²) in [5.41, 5.74) is 0. The van der Waals surface area contributed by atoms with Gasteiger partial charge in [0.25, 0.3) is 0 Å². The molecule has 2 atom stereocenters. The number of halogens is 1. The third-order valence-electron chi connectivity index (χ3n) is 4.22. The maximum atomic E-state index is 5.26. The molecule has 7 heteroatoms. The zero-order valence-corrected chi connectivity index (χ0v) is 17.7. The van der Waals surface area contributed by atoms with Gasteiger partial charge in [0.1, 0.15) is 0 Å². The van der Waals surface area contributed by atoms with Crippen molar-refractivity contribution in [3.05, 3.63) is 11.7 Å². The van der Waals surface area contributed by atoms with Crippen molar-refractivity contribution in [1.29, 1.82) is 0 Å². The van der Waals surface area contributed by atoms with Crippen LogP contribution in [-0.4, -0.2) is 35.2 Å². The highest BCUT2D eigenvalue weighted by atomic mass is 127. The van der Waals surface area contributed by atoms with Crippen LogP contribution < -0.4 is 10.6 Å². The second-order valence-corrected chi connectivity index (χ2v) is 6.82. The number of aliphatic imine (C=N–C) groups is 1. The van der Waals surface area contributed by atoms with E-state index in [0.717, 1.165) is 24.2 Å². The Balaban J connectivity index is 0.00000288. The van der Waals surface area contributed by atoms with E-state index in [1.807, 2.05) is 0 Å². The van der Waals surface area contributed by atoms with Crippen molar-refractivity contribution >= 4 is 29.9 Å². The number of guanidine groups is 1. The Morgan fingerprint density at radius 3 is 2.79 bits per heavy atom. The monoisotopic (exact) mass is 449 g/mol. The predicted molar refractivity (Wildman–Crippen MR) is 108 cm³/mol. The first-order valence-corrected chi connectivity index (χ1v) is 8.95. The average Bonchev–Trinajstić information content (AvgIpc) is 2.96. The molecule has 1 saturated carbocycles. The van der Waals surface area contributed by atoms with Gasteiger partial charge in [0.2, 0.25) is 5.89 Å². The van der Waals surface area contributed by atoms with Crippen molar-refractivity contribution in [3.63, 3.8) is 0 Å². The third kappa shape index (κ3) is 6.94. The smallest absolute Gasteiger partial charge is 0.228 e. The molecular formula is C17H32IN5O. The normalized spacial score (nSPS) is 21.5. The van der Waals surface area contributed by atoms with E-state index in [2.05, 4.69) is 53.5 Å². The summed E-state index contributed by atoms with van der Waals surface area (Å²) in [4.78, 5) is 9.04. The van der Waals surface area contributed by atoms with E-state index in [1.54, 1.807) is 0 Å². The first-order valence-electron chi connectivity index (χ1n) is 8.95. The van der Waals surface area contributed by atoms with E-state index < -0.39 is 0 Å². The number of hydrogen-bond donors (Lipinski definition) is 2. The van der Waals surface area contributed by atoms with Crippen LogP contribution in [0.1, 0.15) is 71.0 Å². The lowest BCUT2D eigenvalue weighted by atomic mass is 9.87. The highest BCUT2D eigenvalue weighted by Gasteiger charge is 2.19. The van der Waals surface area contributed by atoms with Gasteiger partial charge in [0.15, 0.2) is 11.8 Å². The first kappa shape index (κ1) is 21.2. The van der Waals surface area contributed by atoms with E-state index in [-0.39, 0.29) is 24.0 Å². The van der Waals surface area contributed by atoms with Gasteiger partial charge in [-0.25, -0.2) is 0 Å². The van der Waals surface area contributed by atoms with Gasteiger partial charge >= 0.3 is 0 Å². The molecule has 0 bridgehead atoms. The lowest BCUT2D eigenvalue weighted by Crippen LogP contribution is -2.45. The molecule has 1 aliphatic carbocycles. The molecular weight excluding hydrogens is 417 g/mol. The quantitative estimate of drug-likeness (QED) is 0.395. The molecule has 0 aromatic carbocycles. The van der Waals surface area contributed by atoms with Crippen LogP contribution in [0.15, 0.2) is 9.52 Å². The zero-order valence-electron chi connectivity index (χ0n) is 15.3. The lowest BCUT2D eigenvalue weighted by Gasteiger charge is -2.28. The molecule has 1 aliphatic rings. The van der Waals surface area contributed by atoms with Crippen LogP contribution in [0.3, 0.4) is 0 Å². The van der Waals surface area contributed by atoms with Crippen molar-refractivity contribution in [2.45, 2.75) is 71.8 Å². The SMILES string of the molecule is CCNC(=NCCc1nc(C(C)C)no1)NC1CCCC(C)C1.I. The molecule has 0 radical (unpaired) electrons. The van der Waals surface area contributed by atoms with Crippen molar-refractivity contribution < 1.29 is 4.52 Å². The first-order chi connectivity index (χ1) is 11.1. The van der Waals surface area contributed by atoms with Gasteiger partial charge in [-0.1, -0.05) is 38.8 Å². The Morgan fingerprint density at radius 1 is 1.38 bits per heavy atom. The third-order valence-corrected chi connectivity index (χ3v) is 4.22. The number of nitrogens with one attached hydrogen (secondary N) is 2. The molecule has 0 spiro atoms. The van der Waals surface area contributed by atoms with Crippen molar-refractivity contribution in [2.75, 3.05) is 13.1 Å². The van der Waals surface area contributed by atoms with Gasteiger partial charge in [-0.2, -0.15) is 4.98 Å². The molecule has 24 heavy (non-hydrogen) atoms. The van der Waals surface area contributed by atoms with E-state index >= 15 is 0 Å². The number of rotatable bonds is 6. The van der Waals surface area contributed by atoms with Crippen molar-refractivity contribution in [2.24, 2.45) is 10.9 Å². The van der Waals surface area contributed by atoms with E-state index in [1.165, 1.54) is 25.7 Å². The summed E-state index contributed by atoms with van der Waals surface area (Å²) in [5, 5.41) is 10.9. The van der Waals surface area contributed by atoms with Gasteiger partial charge in [0, 0.05) is 24.9 Å². The van der Waals surface area contributed by atoms with Crippen LogP contribution in [0.5, 0.6) is 0 Å². The topological polar surface area (TPSA) is 75.3 Å². The minimum absolute atomic E-state index is 0. The standard InChI is InChI=1S/C17H31N5O.HI/c1-5-18-17(20-14-8-6-7-13(4)11-14)19-10-9-15-21-16(12(2)3)22-23-15;/h12-14H,5-11H2,1-4H3,(H2,18,19,20);1H. The maximum Gasteiger partial charge on any atom is 0.228 e. The molecule has 0 saturated heterocycles. The summed E-state index contributed by atoms with van der Waals surface area (Å²) in [5.74, 6) is 3.43. The zero-order chi connectivity index (χ0) is 16.7. The summed E-state index contributed by atoms with van der Waals surface area (Å²) < 4.78 is 5.26. The molecule has 1 heterocycles. The van der Waals surface area contributed by atoms with Gasteiger partial charge in [-0.3, -0.25) is 4.99 Å². The van der Waals surface area contributed by atoms with Gasteiger partial charge in [-0.05, 0) is 25.7 Å². The van der Waals surface area contributed by atoms with Crippen molar-refractivity contribution in [3.8, 4) is 0 Å². The van der Waals surface area contributed by atoms with Gasteiger partial charge < -0.3 is 15.2 Å². The Kier molecular flexibility index (Phi) is 9.61. The molecule has 2 rings (SSSR count). The molecule has 0 aliphatic heterocycles. The van der Waals surface area contributed by atoms with Crippen molar-refractivity contribution in [1.82, 2.24) is 20.8 Å². The Hall–Kier alpha value is -0.860. The minimum Gasteiger partial charge on any atom is -0.357 e. The molecule has 1 aromatic rings. The molecule has 6 nitrogen and oxygen atoms in total. The molecule has 138 valence electrons. The molecule has 1 aromatic heterocycles. The molecule has 1 fully saturated rings. The average molecular weight is 449 g/mol. The predicted octanol–water partition coefficient (Wildman–Crippen LogP) is 3.49. The van der Waals surface area contributed by atoms with Crippen LogP contribution in [0.4, 0.5) is 0 Å². The highest BCUT2D eigenvalue weighted by Crippen LogP contribution is 2.23. The van der Waals surface area contributed by atoms with E-state index in [0.29, 0.717) is 30.8 Å². The number of aromatic nitrogens is 2. The largest absolute Gasteiger partial charge is 0.357 e. The summed E-state index contributed by atoms with van der Waals surface area (Å²) in [6.07, 6.45) is 5.79. The molecule has 0 amide bonds. The fourth-order valence-corrected chi connectivity index (χ4v) is 2.95. The van der Waals surface area contributed by atoms with Gasteiger partial charge in [0.05, 0.1) is 6.54 Å². The van der Waals surface area contributed by atoms with Crippen LogP contribution >= 0.6 is 24.0 Å². The van der Waals surface area contributed by atoms with Gasteiger partial charge in [-0.15, -0.1) is 24.0 Å². The summed E-state index contributed by atoms with van der Waals surface area (Å²) in [7, 11) is 0. The summed E-state index contributed by atoms with van der Waals surface area (Å²) in [6, 6.07) is 0.535. The fraction of sp³-hybridized carbons (Fsp3) is 0.824. The Bertz CT molecular complexity index is 503. The number of hydrogen-bond acceptors (Lipinski definition) is 4. The van der Waals surface area contributed by atoms with Crippen LogP contribution in [0.2, 0.25) is 0 Å². The Morgan fingerprint density at radius 2 is 2.17 bits per heavy atom. The van der Waals surface area contributed by atoms with E-state index in [9.17, 15) is 0 Å². The lowest BCUT2D eigenvalue weighted by molar-refractivity contribution is 0.324. The fourth-order valence-electron chi connectivity index (χ4n) is 2.95. The van der Waals surface area contributed by atoms with Crippen LogP contribution in [0, 0.1) is 5.92 Å². The minimum atomic E-state index is 0.